The zero-order valence-electron chi connectivity index (χ0n) is 9.06. The first-order valence-corrected chi connectivity index (χ1v) is 5.26. The Morgan fingerprint density at radius 3 is 2.60 bits per heavy atom. The first-order valence-electron chi connectivity index (χ1n) is 5.26. The van der Waals surface area contributed by atoms with Gasteiger partial charge in [-0.05, 0) is 25.9 Å². The highest BCUT2D eigenvalue weighted by atomic mass is 16.5. The van der Waals surface area contributed by atoms with E-state index < -0.39 is 6.10 Å². The minimum absolute atomic E-state index is 0.00230. The molecule has 15 heavy (non-hydrogen) atoms. The predicted molar refractivity (Wildman–Crippen MR) is 54.3 cm³/mol. The lowest BCUT2D eigenvalue weighted by molar-refractivity contribution is -0.147. The topological polar surface area (TPSA) is 70.0 Å². The Morgan fingerprint density at radius 2 is 2.13 bits per heavy atom. The Kier molecular flexibility index (Phi) is 5.01. The average Bonchev–Trinajstić information content (AvgIpc) is 2.29. The molecule has 1 aliphatic rings. The minimum Gasteiger partial charge on any atom is -0.469 e. The number of ether oxygens (including phenoxy) is 1. The van der Waals surface area contributed by atoms with E-state index in [0.29, 0.717) is 6.54 Å². The van der Waals surface area contributed by atoms with E-state index in [9.17, 15) is 9.90 Å². The standard InChI is InChI=1S/C10H19NO4/c1-15-10(14)8-2-4-11(5-3-8)6-9(13)7-12/h8-9,12-13H,2-7H2,1H3. The summed E-state index contributed by atoms with van der Waals surface area (Å²) in [6.07, 6.45) is 0.856. The van der Waals surface area contributed by atoms with Crippen LogP contribution in [-0.4, -0.2) is 60.5 Å². The van der Waals surface area contributed by atoms with Gasteiger partial charge in [0, 0.05) is 6.54 Å². The maximum Gasteiger partial charge on any atom is 0.308 e. The van der Waals surface area contributed by atoms with Gasteiger partial charge in [0.15, 0.2) is 0 Å². The molecule has 0 spiro atoms. The number of nitrogens with zero attached hydrogens (tertiary/aromatic N) is 1. The second-order valence-corrected chi connectivity index (χ2v) is 3.93. The Bertz CT molecular complexity index is 202. The number of hydrogen-bond donors (Lipinski definition) is 2. The highest BCUT2D eigenvalue weighted by Gasteiger charge is 2.26. The van der Waals surface area contributed by atoms with Gasteiger partial charge in [0.25, 0.3) is 0 Å². The summed E-state index contributed by atoms with van der Waals surface area (Å²) >= 11 is 0. The van der Waals surface area contributed by atoms with Crippen molar-refractivity contribution in [1.82, 2.24) is 4.90 Å². The van der Waals surface area contributed by atoms with Gasteiger partial charge in [0.2, 0.25) is 0 Å². The van der Waals surface area contributed by atoms with Crippen LogP contribution in [0.2, 0.25) is 0 Å². The minimum atomic E-state index is -0.681. The molecule has 88 valence electrons. The third kappa shape index (κ3) is 3.77. The van der Waals surface area contributed by atoms with Crippen molar-refractivity contribution in [1.29, 1.82) is 0 Å². The van der Waals surface area contributed by atoms with Gasteiger partial charge in [0.05, 0.1) is 25.7 Å². The maximum atomic E-state index is 11.2. The molecule has 5 nitrogen and oxygen atoms in total. The number of rotatable bonds is 4. The highest BCUT2D eigenvalue weighted by Crippen LogP contribution is 2.18. The largest absolute Gasteiger partial charge is 0.469 e. The van der Waals surface area contributed by atoms with Gasteiger partial charge < -0.3 is 19.8 Å². The lowest BCUT2D eigenvalue weighted by Gasteiger charge is -2.31. The van der Waals surface area contributed by atoms with Gasteiger partial charge in [-0.2, -0.15) is 0 Å². The zero-order valence-corrected chi connectivity index (χ0v) is 9.06. The lowest BCUT2D eigenvalue weighted by atomic mass is 9.97. The summed E-state index contributed by atoms with van der Waals surface area (Å²) < 4.78 is 4.68. The van der Waals surface area contributed by atoms with Crippen LogP contribution in [0, 0.1) is 5.92 Å². The summed E-state index contributed by atoms with van der Waals surface area (Å²) in [6, 6.07) is 0. The molecule has 0 aromatic rings. The third-order valence-corrected chi connectivity index (χ3v) is 2.80. The second-order valence-electron chi connectivity index (χ2n) is 3.93. The monoisotopic (exact) mass is 217 g/mol. The van der Waals surface area contributed by atoms with Crippen molar-refractivity contribution in [2.45, 2.75) is 18.9 Å². The summed E-state index contributed by atoms with van der Waals surface area (Å²) in [7, 11) is 1.41. The van der Waals surface area contributed by atoms with Crippen molar-refractivity contribution in [3.05, 3.63) is 0 Å². The molecule has 0 bridgehead atoms. The first kappa shape index (κ1) is 12.4. The molecule has 1 aliphatic heterocycles. The molecule has 1 unspecified atom stereocenters. The van der Waals surface area contributed by atoms with Gasteiger partial charge in [-0.1, -0.05) is 0 Å². The molecule has 1 saturated heterocycles. The van der Waals surface area contributed by atoms with E-state index in [-0.39, 0.29) is 18.5 Å². The predicted octanol–water partition coefficient (Wildman–Crippen LogP) is -0.775. The molecule has 0 aromatic carbocycles. The molecule has 0 amide bonds. The molecular formula is C10H19NO4. The van der Waals surface area contributed by atoms with Crippen LogP contribution >= 0.6 is 0 Å². The van der Waals surface area contributed by atoms with Crippen molar-refractivity contribution in [2.24, 2.45) is 5.92 Å². The SMILES string of the molecule is COC(=O)C1CCN(CC(O)CO)CC1. The van der Waals surface area contributed by atoms with E-state index >= 15 is 0 Å². The molecule has 1 rings (SSSR count). The molecule has 0 saturated carbocycles. The van der Waals surface area contributed by atoms with Crippen molar-refractivity contribution < 1.29 is 19.7 Å². The number of esters is 1. The molecule has 1 atom stereocenters. The number of carbonyl (C=O) groups excluding carboxylic acids is 1. The number of likely N-dealkylation sites (tertiary alicyclic amines) is 1. The van der Waals surface area contributed by atoms with E-state index in [2.05, 4.69) is 9.64 Å². The fourth-order valence-corrected chi connectivity index (χ4v) is 1.87. The van der Waals surface area contributed by atoms with Gasteiger partial charge in [0.1, 0.15) is 0 Å². The summed E-state index contributed by atoms with van der Waals surface area (Å²) in [4.78, 5) is 13.3. The second kappa shape index (κ2) is 6.05. The van der Waals surface area contributed by atoms with Crippen LogP contribution in [0.5, 0.6) is 0 Å². The van der Waals surface area contributed by atoms with Crippen LogP contribution in [0.3, 0.4) is 0 Å². The molecule has 1 heterocycles. The number of aliphatic hydroxyl groups excluding tert-OH is 2. The molecule has 0 aromatic heterocycles. The number of hydrogen-bond acceptors (Lipinski definition) is 5. The number of aliphatic hydroxyl groups is 2. The van der Waals surface area contributed by atoms with Crippen molar-refractivity contribution in [3.8, 4) is 0 Å². The fourth-order valence-electron chi connectivity index (χ4n) is 1.87. The van der Waals surface area contributed by atoms with Gasteiger partial charge in [-0.3, -0.25) is 4.79 Å². The van der Waals surface area contributed by atoms with Crippen molar-refractivity contribution >= 4 is 5.97 Å². The Labute approximate surface area is 89.6 Å². The summed E-state index contributed by atoms with van der Waals surface area (Å²) in [6.45, 7) is 1.81. The molecule has 1 fully saturated rings. The van der Waals surface area contributed by atoms with E-state index in [1.165, 1.54) is 7.11 Å². The summed E-state index contributed by atoms with van der Waals surface area (Å²) in [5, 5.41) is 17.9. The lowest BCUT2D eigenvalue weighted by Crippen LogP contribution is -2.41. The van der Waals surface area contributed by atoms with E-state index in [4.69, 9.17) is 5.11 Å². The highest BCUT2D eigenvalue weighted by molar-refractivity contribution is 5.72. The van der Waals surface area contributed by atoms with Gasteiger partial charge in [-0.15, -0.1) is 0 Å². The van der Waals surface area contributed by atoms with Crippen molar-refractivity contribution in [3.63, 3.8) is 0 Å². The van der Waals surface area contributed by atoms with Gasteiger partial charge >= 0.3 is 5.97 Å². The van der Waals surface area contributed by atoms with Crippen LogP contribution < -0.4 is 0 Å². The normalized spacial score (nSPS) is 21.3. The smallest absolute Gasteiger partial charge is 0.308 e. The Morgan fingerprint density at radius 1 is 1.53 bits per heavy atom. The van der Waals surface area contributed by atoms with Crippen LogP contribution in [-0.2, 0) is 9.53 Å². The number of methoxy groups -OCH3 is 1. The van der Waals surface area contributed by atoms with Crippen LogP contribution in [0.15, 0.2) is 0 Å². The Balaban J connectivity index is 2.26. The average molecular weight is 217 g/mol. The molecule has 5 heteroatoms. The summed E-state index contributed by atoms with van der Waals surface area (Å²) in [5.74, 6) is -0.144. The number of β-amino-alcohol motifs (C(OH)–C–C–N with tert-alkyl or cyclic N) is 1. The van der Waals surface area contributed by atoms with E-state index in [0.717, 1.165) is 25.9 Å². The quantitative estimate of drug-likeness (QED) is 0.605. The van der Waals surface area contributed by atoms with Crippen LogP contribution in [0.1, 0.15) is 12.8 Å². The maximum absolute atomic E-state index is 11.2. The molecule has 2 N–H and O–H groups in total. The summed E-state index contributed by atoms with van der Waals surface area (Å²) in [5.41, 5.74) is 0. The number of carbonyl (C=O) groups is 1. The van der Waals surface area contributed by atoms with Crippen LogP contribution in [0.4, 0.5) is 0 Å². The van der Waals surface area contributed by atoms with E-state index in [1.807, 2.05) is 0 Å². The van der Waals surface area contributed by atoms with Crippen LogP contribution in [0.25, 0.3) is 0 Å². The third-order valence-electron chi connectivity index (χ3n) is 2.80. The van der Waals surface area contributed by atoms with E-state index in [1.54, 1.807) is 0 Å². The number of piperidine rings is 1. The molecule has 0 aliphatic carbocycles. The van der Waals surface area contributed by atoms with Gasteiger partial charge in [-0.25, -0.2) is 0 Å². The molecular weight excluding hydrogens is 198 g/mol. The Hall–Kier alpha value is -0.650. The first-order chi connectivity index (χ1) is 7.17. The molecule has 0 radical (unpaired) electrons. The fraction of sp³-hybridized carbons (Fsp3) is 0.900. The van der Waals surface area contributed by atoms with Crippen molar-refractivity contribution in [2.75, 3.05) is 33.4 Å². The zero-order chi connectivity index (χ0) is 11.3.